The van der Waals surface area contributed by atoms with Gasteiger partial charge in [0.25, 0.3) is 0 Å². The zero-order valence-corrected chi connectivity index (χ0v) is 10.6. The Kier molecular flexibility index (Phi) is 2.22. The molecular weight excluding hydrogens is 206 g/mol. The maximum atomic E-state index is 2.43. The van der Waals surface area contributed by atoms with Gasteiger partial charge in [0.15, 0.2) is 0 Å². The third kappa shape index (κ3) is 1.32. The molecule has 0 fully saturated rings. The van der Waals surface area contributed by atoms with E-state index in [-0.39, 0.29) is 0 Å². The first-order valence-electron chi connectivity index (χ1n) is 6.21. The van der Waals surface area contributed by atoms with Gasteiger partial charge in [0.1, 0.15) is 0 Å². The van der Waals surface area contributed by atoms with Crippen LogP contribution in [0.25, 0.3) is 27.8 Å². The third-order valence-electron chi connectivity index (χ3n) is 3.47. The summed E-state index contributed by atoms with van der Waals surface area (Å²) in [5.74, 6) is 0. The molecule has 3 rings (SSSR count). The van der Waals surface area contributed by atoms with Crippen LogP contribution in [-0.4, -0.2) is 4.57 Å². The van der Waals surface area contributed by atoms with Gasteiger partial charge < -0.3 is 4.57 Å². The Morgan fingerprint density at radius 3 is 2.41 bits per heavy atom. The molecule has 1 heteroatoms. The number of rotatable bonds is 1. The second-order valence-corrected chi connectivity index (χ2v) is 4.82. The van der Waals surface area contributed by atoms with E-state index in [0.29, 0.717) is 6.04 Å². The van der Waals surface area contributed by atoms with Gasteiger partial charge in [-0.05, 0) is 32.2 Å². The van der Waals surface area contributed by atoms with Crippen LogP contribution in [0.1, 0.15) is 26.8 Å². The zero-order valence-electron chi connectivity index (χ0n) is 10.6. The predicted octanol–water partition coefficient (Wildman–Crippen LogP) is 3.89. The summed E-state index contributed by atoms with van der Waals surface area (Å²) in [7, 11) is 0. The van der Waals surface area contributed by atoms with E-state index in [1.165, 1.54) is 27.0 Å². The minimum absolute atomic E-state index is 0.485. The molecule has 0 N–H and O–H groups in total. The van der Waals surface area contributed by atoms with Crippen molar-refractivity contribution in [1.29, 1.82) is 0 Å². The number of hydrogen-bond donors (Lipinski definition) is 0. The molecule has 0 radical (unpaired) electrons. The minimum atomic E-state index is 0.485. The summed E-state index contributed by atoms with van der Waals surface area (Å²) < 4.78 is 2.43. The summed E-state index contributed by atoms with van der Waals surface area (Å²) in [4.78, 5) is 0. The second-order valence-electron chi connectivity index (χ2n) is 4.82. The molecule has 1 aromatic heterocycles. The van der Waals surface area contributed by atoms with Crippen molar-refractivity contribution in [3.8, 4) is 0 Å². The summed E-state index contributed by atoms with van der Waals surface area (Å²) in [5, 5.41) is 5.44. The van der Waals surface area contributed by atoms with Gasteiger partial charge in [-0.15, -0.1) is 0 Å². The molecule has 0 unspecified atom stereocenters. The molecule has 3 aromatic rings. The highest BCUT2D eigenvalue weighted by Crippen LogP contribution is 2.27. The van der Waals surface area contributed by atoms with Crippen LogP contribution in [0.3, 0.4) is 0 Å². The molecule has 17 heavy (non-hydrogen) atoms. The predicted molar refractivity (Wildman–Crippen MR) is 75.2 cm³/mol. The third-order valence-corrected chi connectivity index (χ3v) is 3.47. The first kappa shape index (κ1) is 10.4. The van der Waals surface area contributed by atoms with Gasteiger partial charge in [0, 0.05) is 27.7 Å². The molecule has 0 atom stereocenters. The molecule has 0 aliphatic rings. The average Bonchev–Trinajstić information content (AvgIpc) is 2.66. The van der Waals surface area contributed by atoms with E-state index in [1.807, 2.05) is 0 Å². The smallest absolute Gasteiger partial charge is 0.0499 e. The molecule has 0 bridgehead atoms. The van der Waals surface area contributed by atoms with E-state index >= 15 is 0 Å². The second kappa shape index (κ2) is 3.63. The van der Waals surface area contributed by atoms with E-state index < -0.39 is 0 Å². The molecule has 2 aromatic carbocycles. The summed E-state index contributed by atoms with van der Waals surface area (Å²) in [6.07, 6.45) is 2.22. The molecule has 1 heterocycles. The highest BCUT2D eigenvalue weighted by Gasteiger charge is 2.11. The van der Waals surface area contributed by atoms with Crippen molar-refractivity contribution in [3.05, 3.63) is 41.7 Å². The fourth-order valence-corrected chi connectivity index (χ4v) is 2.85. The summed E-state index contributed by atoms with van der Waals surface area (Å²) in [6, 6.07) is 13.6. The van der Waals surface area contributed by atoms with Gasteiger partial charge in [0.2, 0.25) is 0 Å². The first-order valence-corrected chi connectivity index (χ1v) is 6.21. The minimum Gasteiger partial charge on any atom is -0.338 e. The average molecular weight is 223 g/mol. The number of aromatic nitrogens is 1. The van der Waals surface area contributed by atoms with Crippen LogP contribution in [0.4, 0.5) is 0 Å². The number of hydrogen-bond acceptors (Lipinski definition) is 0. The Labute approximate surface area is 101 Å². The van der Waals surface area contributed by atoms with Gasteiger partial charge in [0.05, 0.1) is 0 Å². The fraction of sp³-hybridized carbons (Fsp3) is 0.250. The van der Waals surface area contributed by atoms with Gasteiger partial charge in [-0.25, -0.2) is 0 Å². The Morgan fingerprint density at radius 1 is 1.06 bits per heavy atom. The van der Waals surface area contributed by atoms with Gasteiger partial charge in [-0.3, -0.25) is 0 Å². The summed E-state index contributed by atoms with van der Waals surface area (Å²) in [6.45, 7) is 6.61. The van der Waals surface area contributed by atoms with Crippen LogP contribution in [0.2, 0.25) is 0 Å². The van der Waals surface area contributed by atoms with Gasteiger partial charge in [-0.1, -0.05) is 36.4 Å². The van der Waals surface area contributed by atoms with Crippen molar-refractivity contribution < 1.29 is 0 Å². The molecule has 0 aliphatic heterocycles. The normalized spacial score (nSPS) is 13.3. The number of benzene rings is 2. The van der Waals surface area contributed by atoms with E-state index in [0.717, 1.165) is 0 Å². The molecule has 0 amide bonds. The van der Waals surface area contributed by atoms with Crippen LogP contribution in [0.5, 0.6) is 0 Å². The van der Waals surface area contributed by atoms with Crippen molar-refractivity contribution >= 4 is 27.8 Å². The molecule has 0 spiro atoms. The molecule has 86 valence electrons. The van der Waals surface area contributed by atoms with Crippen LogP contribution in [0, 0.1) is 0 Å². The SMILES string of the molecule is C/C=c1\c2cccc3cccc(c32)n1C(C)C. The summed E-state index contributed by atoms with van der Waals surface area (Å²) >= 11 is 0. The Balaban J connectivity index is 2.69. The van der Waals surface area contributed by atoms with Crippen LogP contribution < -0.4 is 5.35 Å². The molecule has 0 saturated heterocycles. The van der Waals surface area contributed by atoms with Crippen LogP contribution in [0.15, 0.2) is 36.4 Å². The Morgan fingerprint density at radius 2 is 1.76 bits per heavy atom. The number of nitrogens with zero attached hydrogens (tertiary/aromatic N) is 1. The van der Waals surface area contributed by atoms with E-state index in [9.17, 15) is 0 Å². The van der Waals surface area contributed by atoms with Gasteiger partial charge in [-0.2, -0.15) is 0 Å². The quantitative estimate of drug-likeness (QED) is 0.589. The highest BCUT2D eigenvalue weighted by atomic mass is 15.0. The van der Waals surface area contributed by atoms with E-state index in [2.05, 4.69) is 67.8 Å². The molecule has 0 saturated carbocycles. The largest absolute Gasteiger partial charge is 0.338 e. The van der Waals surface area contributed by atoms with Crippen molar-refractivity contribution in [2.45, 2.75) is 26.8 Å². The maximum absolute atomic E-state index is 2.43. The topological polar surface area (TPSA) is 4.93 Å². The van der Waals surface area contributed by atoms with Crippen LogP contribution in [-0.2, 0) is 0 Å². The Bertz CT molecular complexity index is 726. The van der Waals surface area contributed by atoms with Crippen molar-refractivity contribution in [1.82, 2.24) is 4.57 Å². The molecule has 0 aliphatic carbocycles. The lowest BCUT2D eigenvalue weighted by Crippen LogP contribution is -2.17. The lowest BCUT2D eigenvalue weighted by atomic mass is 10.1. The van der Waals surface area contributed by atoms with E-state index in [1.54, 1.807) is 0 Å². The monoisotopic (exact) mass is 223 g/mol. The summed E-state index contributed by atoms with van der Waals surface area (Å²) in [5.41, 5.74) is 1.35. The lowest BCUT2D eigenvalue weighted by Gasteiger charge is -2.10. The van der Waals surface area contributed by atoms with Crippen molar-refractivity contribution in [2.24, 2.45) is 0 Å². The zero-order chi connectivity index (χ0) is 12.0. The molecular formula is C16H17N. The van der Waals surface area contributed by atoms with E-state index in [4.69, 9.17) is 0 Å². The van der Waals surface area contributed by atoms with Crippen molar-refractivity contribution in [2.75, 3.05) is 0 Å². The van der Waals surface area contributed by atoms with Gasteiger partial charge >= 0.3 is 0 Å². The lowest BCUT2D eigenvalue weighted by molar-refractivity contribution is 0.610. The van der Waals surface area contributed by atoms with Crippen LogP contribution >= 0.6 is 0 Å². The standard InChI is InChI=1S/C16H17N/c1-4-14-13-9-5-7-12-8-6-10-15(16(12)13)17(14)11(2)3/h4-11H,1-3H3/b14-4+. The Hall–Kier alpha value is -1.76. The fourth-order valence-electron chi connectivity index (χ4n) is 2.85. The molecule has 1 nitrogen and oxygen atoms in total. The highest BCUT2D eigenvalue weighted by molar-refractivity contribution is 6.10. The van der Waals surface area contributed by atoms with Crippen molar-refractivity contribution in [3.63, 3.8) is 0 Å². The maximum Gasteiger partial charge on any atom is 0.0499 e. The first-order chi connectivity index (χ1) is 8.24.